The number of ether oxygens (including phenoxy) is 1. The Kier molecular flexibility index (Phi) is 43.4. The van der Waals surface area contributed by atoms with Crippen molar-refractivity contribution in [2.45, 2.75) is 219 Å². The Labute approximate surface area is 265 Å². The van der Waals surface area contributed by atoms with Crippen LogP contribution in [0.15, 0.2) is 0 Å². The number of rotatable bonds is 34. The Morgan fingerprint density at radius 3 is 0.579 bits per heavy atom. The molecule has 0 aliphatic carbocycles. The van der Waals surface area contributed by atoms with Crippen molar-refractivity contribution in [2.75, 3.05) is 13.2 Å². The summed E-state index contributed by atoms with van der Waals surface area (Å²) in [7, 11) is 0. The molecule has 226 valence electrons. The van der Waals surface area contributed by atoms with Crippen LogP contribution in [-0.2, 0) is 4.74 Å². The second kappa shape index (κ2) is 40.1. The summed E-state index contributed by atoms with van der Waals surface area (Å²) in [5.41, 5.74) is 0. The fourth-order valence-corrected chi connectivity index (χ4v) is 5.61. The molecule has 0 spiro atoms. The molecule has 0 aromatic carbocycles. The Morgan fingerprint density at radius 2 is 0.395 bits per heavy atom. The van der Waals surface area contributed by atoms with Crippen molar-refractivity contribution < 1.29 is 4.74 Å². The Balaban J connectivity index is 0. The first-order valence-electron chi connectivity index (χ1n) is 18.0. The van der Waals surface area contributed by atoms with Gasteiger partial charge in [0.05, 0.1) is 0 Å². The molecular weight excluding hydrogens is 471 g/mol. The summed E-state index contributed by atoms with van der Waals surface area (Å²) < 4.78 is 5.87. The molecule has 0 N–H and O–H groups in total. The van der Waals surface area contributed by atoms with Crippen LogP contribution in [0.2, 0.25) is 0 Å². The van der Waals surface area contributed by atoms with Gasteiger partial charge < -0.3 is 4.74 Å². The van der Waals surface area contributed by atoms with Gasteiger partial charge in [0, 0.05) is 13.2 Å². The minimum absolute atomic E-state index is 0. The molecule has 0 rings (SSSR count). The van der Waals surface area contributed by atoms with Gasteiger partial charge in [-0.3, -0.25) is 0 Å². The predicted molar refractivity (Wildman–Crippen MR) is 177 cm³/mol. The third-order valence-electron chi connectivity index (χ3n) is 8.28. The Bertz CT molecular complexity index is 338. The number of hydrogen-bond donors (Lipinski definition) is 0. The van der Waals surface area contributed by atoms with Gasteiger partial charge in [0.15, 0.2) is 0 Å². The van der Waals surface area contributed by atoms with Gasteiger partial charge in [-0.15, -0.1) is 0 Å². The zero-order valence-electron chi connectivity index (χ0n) is 26.4. The second-order valence-electron chi connectivity index (χ2n) is 12.2. The van der Waals surface area contributed by atoms with Crippen LogP contribution in [0.4, 0.5) is 0 Å². The van der Waals surface area contributed by atoms with Crippen molar-refractivity contribution in [2.24, 2.45) is 0 Å². The average Bonchev–Trinajstić information content (AvgIpc) is 2.91. The van der Waals surface area contributed by atoms with Crippen LogP contribution in [0.25, 0.3) is 0 Å². The second-order valence-corrected chi connectivity index (χ2v) is 12.2. The Hall–Kier alpha value is 0.960. The van der Waals surface area contributed by atoms with E-state index >= 15 is 0 Å². The van der Waals surface area contributed by atoms with E-state index in [1.807, 2.05) is 0 Å². The van der Waals surface area contributed by atoms with Crippen molar-refractivity contribution in [1.29, 1.82) is 0 Å². The molecular formula is C36H75NaO. The summed E-state index contributed by atoms with van der Waals surface area (Å²) in [5.74, 6) is 0. The molecule has 0 aromatic rings. The molecule has 2 heteroatoms. The van der Waals surface area contributed by atoms with Gasteiger partial charge in [0.1, 0.15) is 0 Å². The molecule has 0 aromatic heterocycles. The third kappa shape index (κ3) is 39.1. The zero-order valence-corrected chi connectivity index (χ0v) is 26.4. The van der Waals surface area contributed by atoms with Crippen LogP contribution in [-0.4, -0.2) is 42.8 Å². The van der Waals surface area contributed by atoms with Gasteiger partial charge >= 0.3 is 29.6 Å². The van der Waals surface area contributed by atoms with E-state index in [4.69, 9.17) is 4.74 Å². The molecule has 0 aliphatic rings. The summed E-state index contributed by atoms with van der Waals surface area (Å²) in [6.45, 7) is 6.60. The van der Waals surface area contributed by atoms with Crippen LogP contribution >= 0.6 is 0 Å². The van der Waals surface area contributed by atoms with Crippen LogP contribution < -0.4 is 0 Å². The van der Waals surface area contributed by atoms with Crippen LogP contribution in [0, 0.1) is 0 Å². The predicted octanol–water partition coefficient (Wildman–Crippen LogP) is 12.9. The fourth-order valence-electron chi connectivity index (χ4n) is 5.61. The molecule has 0 radical (unpaired) electrons. The number of hydrogen-bond acceptors (Lipinski definition) is 1. The molecule has 38 heavy (non-hydrogen) atoms. The monoisotopic (exact) mass is 547 g/mol. The van der Waals surface area contributed by atoms with E-state index in [0.29, 0.717) is 0 Å². The maximum atomic E-state index is 5.87. The van der Waals surface area contributed by atoms with E-state index in [0.717, 1.165) is 13.2 Å². The Morgan fingerprint density at radius 1 is 0.237 bits per heavy atom. The molecule has 0 bridgehead atoms. The first-order chi connectivity index (χ1) is 18.4. The first-order valence-corrected chi connectivity index (χ1v) is 18.0. The van der Waals surface area contributed by atoms with E-state index < -0.39 is 0 Å². The van der Waals surface area contributed by atoms with Gasteiger partial charge in [-0.2, -0.15) is 0 Å². The normalized spacial score (nSPS) is 11.2. The van der Waals surface area contributed by atoms with Crippen molar-refractivity contribution >= 4 is 29.6 Å². The number of unbranched alkanes of at least 4 members (excludes halogenated alkanes) is 30. The molecule has 0 aliphatic heterocycles. The van der Waals surface area contributed by atoms with E-state index in [1.165, 1.54) is 205 Å². The zero-order chi connectivity index (χ0) is 26.7. The quantitative estimate of drug-likeness (QED) is 0.0576. The van der Waals surface area contributed by atoms with Gasteiger partial charge in [0.25, 0.3) is 0 Å². The summed E-state index contributed by atoms with van der Waals surface area (Å²) in [5, 5.41) is 0. The summed E-state index contributed by atoms with van der Waals surface area (Å²) in [6.07, 6.45) is 46.0. The van der Waals surface area contributed by atoms with Gasteiger partial charge in [-0.25, -0.2) is 0 Å². The van der Waals surface area contributed by atoms with E-state index in [2.05, 4.69) is 13.8 Å². The van der Waals surface area contributed by atoms with Gasteiger partial charge in [-0.1, -0.05) is 206 Å². The SMILES string of the molecule is CCCCCCCCCCCCCCCCCCOCCCCCCCCCCCCCCCCCC.[NaH]. The topological polar surface area (TPSA) is 9.23 Å². The molecule has 0 atom stereocenters. The van der Waals surface area contributed by atoms with E-state index in [9.17, 15) is 0 Å². The minimum atomic E-state index is 0. The third-order valence-corrected chi connectivity index (χ3v) is 8.28. The van der Waals surface area contributed by atoms with Crippen LogP contribution in [0.5, 0.6) is 0 Å². The van der Waals surface area contributed by atoms with Gasteiger partial charge in [0.2, 0.25) is 0 Å². The van der Waals surface area contributed by atoms with Crippen LogP contribution in [0.3, 0.4) is 0 Å². The molecule has 0 fully saturated rings. The molecule has 1 nitrogen and oxygen atoms in total. The van der Waals surface area contributed by atoms with Crippen molar-refractivity contribution in [3.63, 3.8) is 0 Å². The fraction of sp³-hybridized carbons (Fsp3) is 1.00. The van der Waals surface area contributed by atoms with Gasteiger partial charge in [-0.05, 0) is 12.8 Å². The standard InChI is InChI=1S/C36H74O.Na.H/c1-3-5-7-9-11-13-15-17-19-21-23-25-27-29-31-33-35-37-36-34-32-30-28-26-24-22-20-18-16-14-12-10-8-6-4-2;;/h3-36H2,1-2H3;;. The maximum absolute atomic E-state index is 5.87. The van der Waals surface area contributed by atoms with Crippen molar-refractivity contribution in [3.05, 3.63) is 0 Å². The van der Waals surface area contributed by atoms with Crippen molar-refractivity contribution in [3.8, 4) is 0 Å². The molecule has 0 saturated carbocycles. The molecule has 0 unspecified atom stereocenters. The van der Waals surface area contributed by atoms with Crippen molar-refractivity contribution in [1.82, 2.24) is 0 Å². The first kappa shape index (κ1) is 41.1. The summed E-state index contributed by atoms with van der Waals surface area (Å²) in [4.78, 5) is 0. The molecule has 0 heterocycles. The molecule has 0 amide bonds. The van der Waals surface area contributed by atoms with E-state index in [1.54, 1.807) is 0 Å². The van der Waals surface area contributed by atoms with E-state index in [-0.39, 0.29) is 29.6 Å². The van der Waals surface area contributed by atoms with Crippen LogP contribution in [0.1, 0.15) is 219 Å². The average molecular weight is 547 g/mol. The summed E-state index contributed by atoms with van der Waals surface area (Å²) in [6, 6.07) is 0. The molecule has 0 saturated heterocycles. The summed E-state index contributed by atoms with van der Waals surface area (Å²) >= 11 is 0.